The Morgan fingerprint density at radius 2 is 1.89 bits per heavy atom. The van der Waals surface area contributed by atoms with E-state index in [0.717, 1.165) is 23.0 Å². The molecule has 1 aromatic heterocycles. The summed E-state index contributed by atoms with van der Waals surface area (Å²) < 4.78 is 0. The number of rotatable bonds is 3. The molecule has 2 heterocycles. The van der Waals surface area contributed by atoms with Gasteiger partial charge in [-0.05, 0) is 24.1 Å². The summed E-state index contributed by atoms with van der Waals surface area (Å²) in [5, 5.41) is 0. The van der Waals surface area contributed by atoms with E-state index in [1.807, 2.05) is 18.2 Å². The topological polar surface area (TPSA) is 63.2 Å². The molecule has 0 bridgehead atoms. The van der Waals surface area contributed by atoms with Crippen LogP contribution in [0.25, 0.3) is 11.0 Å². The molecular weight excluding hydrogens is 242 g/mol. The van der Waals surface area contributed by atoms with E-state index in [1.54, 1.807) is 17.3 Å². The first-order chi connectivity index (χ1) is 9.22. The highest BCUT2D eigenvalue weighted by molar-refractivity contribution is 6.05. The van der Waals surface area contributed by atoms with Crippen molar-refractivity contribution < 1.29 is 9.59 Å². The van der Waals surface area contributed by atoms with Gasteiger partial charge in [0, 0.05) is 18.9 Å². The SMILES string of the molecule is O=C1CC(=O)N(CCc2ccc3nccnc3c2)C1. The highest BCUT2D eigenvalue weighted by Gasteiger charge is 2.26. The molecule has 1 fully saturated rings. The summed E-state index contributed by atoms with van der Waals surface area (Å²) in [6, 6.07) is 5.89. The Balaban J connectivity index is 1.71. The molecule has 0 N–H and O–H groups in total. The van der Waals surface area contributed by atoms with Crippen molar-refractivity contribution in [3.05, 3.63) is 36.2 Å². The Kier molecular flexibility index (Phi) is 2.95. The highest BCUT2D eigenvalue weighted by atomic mass is 16.2. The number of likely N-dealkylation sites (tertiary alicyclic amines) is 1. The van der Waals surface area contributed by atoms with Gasteiger partial charge in [-0.3, -0.25) is 19.6 Å². The maximum absolute atomic E-state index is 11.5. The zero-order valence-corrected chi connectivity index (χ0v) is 10.4. The summed E-state index contributed by atoms with van der Waals surface area (Å²) in [5.41, 5.74) is 2.81. The van der Waals surface area contributed by atoms with Crippen molar-refractivity contribution in [2.45, 2.75) is 12.8 Å². The molecule has 1 amide bonds. The molecule has 0 radical (unpaired) electrons. The summed E-state index contributed by atoms with van der Waals surface area (Å²) in [6.07, 6.45) is 4.11. The molecule has 0 unspecified atom stereocenters. The zero-order chi connectivity index (χ0) is 13.2. The van der Waals surface area contributed by atoms with Crippen LogP contribution in [0.3, 0.4) is 0 Å². The van der Waals surface area contributed by atoms with Crippen LogP contribution in [0.2, 0.25) is 0 Å². The monoisotopic (exact) mass is 255 g/mol. The molecule has 0 spiro atoms. The van der Waals surface area contributed by atoms with E-state index >= 15 is 0 Å². The molecule has 0 saturated carbocycles. The number of carbonyl (C=O) groups excluding carboxylic acids is 2. The lowest BCUT2D eigenvalue weighted by molar-refractivity contribution is -0.127. The maximum atomic E-state index is 11.5. The van der Waals surface area contributed by atoms with Gasteiger partial charge in [-0.15, -0.1) is 0 Å². The largest absolute Gasteiger partial charge is 0.335 e. The molecular formula is C14H13N3O2. The van der Waals surface area contributed by atoms with Gasteiger partial charge < -0.3 is 4.90 Å². The number of fused-ring (bicyclic) bond motifs is 1. The predicted molar refractivity (Wildman–Crippen MR) is 69.4 cm³/mol. The second-order valence-electron chi connectivity index (χ2n) is 4.66. The number of Topliss-reactive ketones (excluding diaryl/α,β-unsaturated/α-hetero) is 1. The minimum Gasteiger partial charge on any atom is -0.335 e. The maximum Gasteiger partial charge on any atom is 0.230 e. The summed E-state index contributed by atoms with van der Waals surface area (Å²) in [5.74, 6) is -0.0556. The number of aromatic nitrogens is 2. The summed E-state index contributed by atoms with van der Waals surface area (Å²) in [6.45, 7) is 0.836. The average molecular weight is 255 g/mol. The second-order valence-corrected chi connectivity index (χ2v) is 4.66. The van der Waals surface area contributed by atoms with E-state index in [9.17, 15) is 9.59 Å². The number of hydrogen-bond acceptors (Lipinski definition) is 4. The Hall–Kier alpha value is -2.30. The van der Waals surface area contributed by atoms with Gasteiger partial charge >= 0.3 is 0 Å². The van der Waals surface area contributed by atoms with E-state index in [2.05, 4.69) is 9.97 Å². The number of nitrogens with zero attached hydrogens (tertiary/aromatic N) is 3. The minimum absolute atomic E-state index is 0.00868. The minimum atomic E-state index is -0.0643. The number of hydrogen-bond donors (Lipinski definition) is 0. The van der Waals surface area contributed by atoms with Gasteiger partial charge in [-0.2, -0.15) is 0 Å². The van der Waals surface area contributed by atoms with Crippen LogP contribution in [-0.2, 0) is 16.0 Å². The fourth-order valence-corrected chi connectivity index (χ4v) is 2.27. The molecule has 1 aliphatic rings. The smallest absolute Gasteiger partial charge is 0.230 e. The lowest BCUT2D eigenvalue weighted by Crippen LogP contribution is -2.27. The summed E-state index contributed by atoms with van der Waals surface area (Å²) >= 11 is 0. The molecule has 1 saturated heterocycles. The van der Waals surface area contributed by atoms with Gasteiger partial charge in [0.15, 0.2) is 5.78 Å². The third-order valence-corrected chi connectivity index (χ3v) is 3.27. The fourth-order valence-electron chi connectivity index (χ4n) is 2.27. The Bertz CT molecular complexity index is 654. The third kappa shape index (κ3) is 2.45. The first-order valence-corrected chi connectivity index (χ1v) is 6.21. The van der Waals surface area contributed by atoms with E-state index in [0.29, 0.717) is 6.54 Å². The fraction of sp³-hybridized carbons (Fsp3) is 0.286. The number of amides is 1. The van der Waals surface area contributed by atoms with E-state index in [1.165, 1.54) is 0 Å². The molecule has 3 rings (SSSR count). The van der Waals surface area contributed by atoms with Crippen molar-refractivity contribution >= 4 is 22.7 Å². The highest BCUT2D eigenvalue weighted by Crippen LogP contribution is 2.13. The molecule has 19 heavy (non-hydrogen) atoms. The van der Waals surface area contributed by atoms with Crippen LogP contribution in [0, 0.1) is 0 Å². The van der Waals surface area contributed by atoms with Gasteiger partial charge in [0.05, 0.1) is 24.0 Å². The normalized spacial score (nSPS) is 15.5. The van der Waals surface area contributed by atoms with Crippen molar-refractivity contribution in [1.82, 2.24) is 14.9 Å². The standard InChI is InChI=1S/C14H13N3O2/c18-11-8-14(19)17(9-11)6-3-10-1-2-12-13(7-10)16-5-4-15-12/h1-2,4-5,7H,3,6,8-9H2. The Labute approximate surface area is 110 Å². The Morgan fingerprint density at radius 3 is 2.63 bits per heavy atom. The van der Waals surface area contributed by atoms with E-state index < -0.39 is 0 Å². The van der Waals surface area contributed by atoms with Crippen molar-refractivity contribution in [1.29, 1.82) is 0 Å². The molecule has 96 valence electrons. The third-order valence-electron chi connectivity index (χ3n) is 3.27. The Morgan fingerprint density at radius 1 is 1.11 bits per heavy atom. The lowest BCUT2D eigenvalue weighted by Gasteiger charge is -2.14. The van der Waals surface area contributed by atoms with Crippen LogP contribution in [-0.4, -0.2) is 39.6 Å². The molecule has 5 nitrogen and oxygen atoms in total. The average Bonchev–Trinajstić information content (AvgIpc) is 2.74. The van der Waals surface area contributed by atoms with Crippen LogP contribution in [0.5, 0.6) is 0 Å². The van der Waals surface area contributed by atoms with Gasteiger partial charge in [0.1, 0.15) is 0 Å². The van der Waals surface area contributed by atoms with Gasteiger partial charge in [-0.25, -0.2) is 0 Å². The number of carbonyl (C=O) groups is 2. The molecule has 1 aliphatic heterocycles. The van der Waals surface area contributed by atoms with Crippen LogP contribution in [0.15, 0.2) is 30.6 Å². The molecule has 0 aliphatic carbocycles. The van der Waals surface area contributed by atoms with Crippen molar-refractivity contribution in [2.24, 2.45) is 0 Å². The molecule has 1 aromatic carbocycles. The van der Waals surface area contributed by atoms with Crippen molar-refractivity contribution in [3.63, 3.8) is 0 Å². The first kappa shape index (κ1) is 11.8. The molecule has 0 atom stereocenters. The molecule has 2 aromatic rings. The summed E-state index contributed by atoms with van der Waals surface area (Å²) in [4.78, 5) is 32.7. The first-order valence-electron chi connectivity index (χ1n) is 6.21. The number of benzene rings is 1. The van der Waals surface area contributed by atoms with Crippen molar-refractivity contribution in [3.8, 4) is 0 Å². The van der Waals surface area contributed by atoms with Crippen LogP contribution >= 0.6 is 0 Å². The van der Waals surface area contributed by atoms with Crippen molar-refractivity contribution in [2.75, 3.05) is 13.1 Å². The van der Waals surface area contributed by atoms with E-state index in [4.69, 9.17) is 0 Å². The predicted octanol–water partition coefficient (Wildman–Crippen LogP) is 0.974. The molecule has 5 heteroatoms. The summed E-state index contributed by atoms with van der Waals surface area (Å²) in [7, 11) is 0. The van der Waals surface area contributed by atoms with Gasteiger partial charge in [0.2, 0.25) is 5.91 Å². The number of ketones is 1. The lowest BCUT2D eigenvalue weighted by atomic mass is 10.1. The van der Waals surface area contributed by atoms with Crippen LogP contribution < -0.4 is 0 Å². The quantitative estimate of drug-likeness (QED) is 0.767. The zero-order valence-electron chi connectivity index (χ0n) is 10.4. The van der Waals surface area contributed by atoms with E-state index in [-0.39, 0.29) is 24.7 Å². The van der Waals surface area contributed by atoms with Crippen LogP contribution in [0.4, 0.5) is 0 Å². The van der Waals surface area contributed by atoms with Gasteiger partial charge in [0.25, 0.3) is 0 Å². The van der Waals surface area contributed by atoms with Gasteiger partial charge in [-0.1, -0.05) is 6.07 Å². The second kappa shape index (κ2) is 4.76. The van der Waals surface area contributed by atoms with Crippen LogP contribution in [0.1, 0.15) is 12.0 Å².